The van der Waals surface area contributed by atoms with Gasteiger partial charge >= 0.3 is 5.97 Å². The van der Waals surface area contributed by atoms with Crippen LogP contribution in [0.25, 0.3) is 0 Å². The van der Waals surface area contributed by atoms with Gasteiger partial charge in [0.2, 0.25) is 0 Å². The minimum atomic E-state index is -0.188. The molecular weight excluding hydrogens is 170 g/mol. The van der Waals surface area contributed by atoms with Crippen molar-refractivity contribution in [2.75, 3.05) is 26.9 Å². The highest BCUT2D eigenvalue weighted by Gasteiger charge is 2.35. The summed E-state index contributed by atoms with van der Waals surface area (Å²) in [6.07, 6.45) is 1.28. The predicted molar refractivity (Wildman–Crippen MR) is 48.5 cm³/mol. The number of likely N-dealkylation sites (N-methyl/N-ethyl adjacent to an activating group) is 1. The van der Waals surface area contributed by atoms with Gasteiger partial charge in [-0.05, 0) is 20.4 Å². The van der Waals surface area contributed by atoms with Crippen molar-refractivity contribution in [3.8, 4) is 0 Å². The quantitative estimate of drug-likeness (QED) is 0.644. The summed E-state index contributed by atoms with van der Waals surface area (Å²) < 4.78 is 10.2. The lowest BCUT2D eigenvalue weighted by Crippen LogP contribution is -2.45. The van der Waals surface area contributed by atoms with Crippen molar-refractivity contribution in [2.24, 2.45) is 0 Å². The molecule has 76 valence electrons. The van der Waals surface area contributed by atoms with Gasteiger partial charge < -0.3 is 14.8 Å². The fourth-order valence-electron chi connectivity index (χ4n) is 1.52. The summed E-state index contributed by atoms with van der Waals surface area (Å²) in [5, 5.41) is 3.14. The number of ether oxygens (including phenoxy) is 2. The molecule has 0 radical (unpaired) electrons. The zero-order chi connectivity index (χ0) is 9.73. The fraction of sp³-hybridized carbons (Fsp3) is 0.889. The van der Waals surface area contributed by atoms with E-state index in [-0.39, 0.29) is 11.5 Å². The second-order valence-electron chi connectivity index (χ2n) is 3.31. The summed E-state index contributed by atoms with van der Waals surface area (Å²) in [5.74, 6) is -0.151. The Kier molecular flexibility index (Phi) is 3.69. The Morgan fingerprint density at radius 3 is 2.92 bits per heavy atom. The SMILES string of the molecule is CCOC(=O)CC1(NC)CCOC1. The summed E-state index contributed by atoms with van der Waals surface area (Å²) in [7, 11) is 1.86. The van der Waals surface area contributed by atoms with Crippen molar-refractivity contribution >= 4 is 5.97 Å². The molecule has 13 heavy (non-hydrogen) atoms. The van der Waals surface area contributed by atoms with Crippen LogP contribution in [-0.4, -0.2) is 38.4 Å². The van der Waals surface area contributed by atoms with E-state index in [0.29, 0.717) is 19.6 Å². The first-order valence-electron chi connectivity index (χ1n) is 4.65. The van der Waals surface area contributed by atoms with Crippen LogP contribution in [-0.2, 0) is 14.3 Å². The third-order valence-corrected chi connectivity index (χ3v) is 2.42. The molecule has 0 aliphatic carbocycles. The molecule has 1 rings (SSSR count). The molecular formula is C9H17NO3. The lowest BCUT2D eigenvalue weighted by Gasteiger charge is -2.25. The van der Waals surface area contributed by atoms with Crippen LogP contribution in [0.2, 0.25) is 0 Å². The van der Waals surface area contributed by atoms with Gasteiger partial charge in [0.05, 0.1) is 25.2 Å². The van der Waals surface area contributed by atoms with Crippen LogP contribution in [0.4, 0.5) is 0 Å². The maximum absolute atomic E-state index is 11.2. The standard InChI is InChI=1S/C9H17NO3/c1-3-13-8(11)6-9(10-2)4-5-12-7-9/h10H,3-7H2,1-2H3. The molecule has 0 aromatic carbocycles. The topological polar surface area (TPSA) is 47.6 Å². The third-order valence-electron chi connectivity index (χ3n) is 2.42. The molecule has 1 unspecified atom stereocenters. The van der Waals surface area contributed by atoms with Crippen LogP contribution < -0.4 is 5.32 Å². The molecule has 0 amide bonds. The highest BCUT2D eigenvalue weighted by atomic mass is 16.5. The molecule has 1 aliphatic heterocycles. The van der Waals surface area contributed by atoms with E-state index in [1.165, 1.54) is 0 Å². The summed E-state index contributed by atoms with van der Waals surface area (Å²) in [4.78, 5) is 11.2. The van der Waals surface area contributed by atoms with Crippen molar-refractivity contribution < 1.29 is 14.3 Å². The molecule has 0 aromatic rings. The zero-order valence-corrected chi connectivity index (χ0v) is 8.26. The summed E-state index contributed by atoms with van der Waals surface area (Å²) >= 11 is 0. The highest BCUT2D eigenvalue weighted by molar-refractivity contribution is 5.71. The van der Waals surface area contributed by atoms with Crippen LogP contribution in [0.5, 0.6) is 0 Å². The molecule has 1 heterocycles. The van der Waals surface area contributed by atoms with E-state index >= 15 is 0 Å². The number of rotatable bonds is 4. The first-order chi connectivity index (χ1) is 6.22. The molecule has 1 aliphatic rings. The molecule has 0 aromatic heterocycles. The Labute approximate surface area is 78.6 Å². The Morgan fingerprint density at radius 2 is 2.46 bits per heavy atom. The van der Waals surface area contributed by atoms with E-state index in [1.807, 2.05) is 14.0 Å². The van der Waals surface area contributed by atoms with E-state index in [0.717, 1.165) is 13.0 Å². The summed E-state index contributed by atoms with van der Waals surface area (Å²) in [6, 6.07) is 0. The van der Waals surface area contributed by atoms with Gasteiger partial charge in [-0.2, -0.15) is 0 Å². The minimum absolute atomic E-state index is 0.151. The molecule has 0 bridgehead atoms. The second kappa shape index (κ2) is 4.58. The highest BCUT2D eigenvalue weighted by Crippen LogP contribution is 2.22. The van der Waals surface area contributed by atoms with Crippen LogP contribution in [0.1, 0.15) is 19.8 Å². The Hall–Kier alpha value is -0.610. The lowest BCUT2D eigenvalue weighted by molar-refractivity contribution is -0.144. The van der Waals surface area contributed by atoms with Crippen LogP contribution in [0, 0.1) is 0 Å². The number of carbonyl (C=O) groups is 1. The first-order valence-corrected chi connectivity index (χ1v) is 4.65. The predicted octanol–water partition coefficient (Wildman–Crippen LogP) is 0.318. The van der Waals surface area contributed by atoms with Crippen molar-refractivity contribution in [3.05, 3.63) is 0 Å². The molecule has 0 saturated carbocycles. The average molecular weight is 187 g/mol. The molecule has 1 fully saturated rings. The normalized spacial score (nSPS) is 27.5. The smallest absolute Gasteiger partial charge is 0.307 e. The summed E-state index contributed by atoms with van der Waals surface area (Å²) in [5.41, 5.74) is -0.188. The number of hydrogen-bond donors (Lipinski definition) is 1. The van der Waals surface area contributed by atoms with E-state index < -0.39 is 0 Å². The molecule has 4 nitrogen and oxygen atoms in total. The second-order valence-corrected chi connectivity index (χ2v) is 3.31. The van der Waals surface area contributed by atoms with E-state index in [9.17, 15) is 4.79 Å². The largest absolute Gasteiger partial charge is 0.466 e. The van der Waals surface area contributed by atoms with Crippen molar-refractivity contribution in [2.45, 2.75) is 25.3 Å². The maximum atomic E-state index is 11.2. The minimum Gasteiger partial charge on any atom is -0.466 e. The van der Waals surface area contributed by atoms with Crippen LogP contribution in [0.3, 0.4) is 0 Å². The van der Waals surface area contributed by atoms with Crippen molar-refractivity contribution in [1.29, 1.82) is 0 Å². The third kappa shape index (κ3) is 2.67. The maximum Gasteiger partial charge on any atom is 0.307 e. The summed E-state index contributed by atoms with van der Waals surface area (Å²) in [6.45, 7) is 3.58. The van der Waals surface area contributed by atoms with Gasteiger partial charge in [-0.1, -0.05) is 0 Å². The van der Waals surface area contributed by atoms with Gasteiger partial charge in [-0.3, -0.25) is 4.79 Å². The van der Waals surface area contributed by atoms with Crippen molar-refractivity contribution in [3.63, 3.8) is 0 Å². The van der Waals surface area contributed by atoms with E-state index in [2.05, 4.69) is 5.32 Å². The lowest BCUT2D eigenvalue weighted by atomic mass is 9.95. The molecule has 4 heteroatoms. The van der Waals surface area contributed by atoms with Crippen molar-refractivity contribution in [1.82, 2.24) is 5.32 Å². The van der Waals surface area contributed by atoms with Crippen LogP contribution >= 0.6 is 0 Å². The first kappa shape index (κ1) is 10.5. The number of hydrogen-bond acceptors (Lipinski definition) is 4. The monoisotopic (exact) mass is 187 g/mol. The zero-order valence-electron chi connectivity index (χ0n) is 8.26. The Balaban J connectivity index is 2.43. The van der Waals surface area contributed by atoms with E-state index in [1.54, 1.807) is 0 Å². The Morgan fingerprint density at radius 1 is 1.69 bits per heavy atom. The van der Waals surface area contributed by atoms with E-state index in [4.69, 9.17) is 9.47 Å². The number of esters is 1. The van der Waals surface area contributed by atoms with Gasteiger partial charge in [-0.15, -0.1) is 0 Å². The average Bonchev–Trinajstić information content (AvgIpc) is 2.54. The van der Waals surface area contributed by atoms with Gasteiger partial charge in [-0.25, -0.2) is 0 Å². The van der Waals surface area contributed by atoms with Gasteiger partial charge in [0, 0.05) is 6.61 Å². The number of nitrogens with one attached hydrogen (secondary N) is 1. The van der Waals surface area contributed by atoms with Gasteiger partial charge in [0.1, 0.15) is 0 Å². The molecule has 1 saturated heterocycles. The molecule has 1 N–H and O–H groups in total. The fourth-order valence-corrected chi connectivity index (χ4v) is 1.52. The number of carbonyl (C=O) groups excluding carboxylic acids is 1. The van der Waals surface area contributed by atoms with Crippen LogP contribution in [0.15, 0.2) is 0 Å². The van der Waals surface area contributed by atoms with Gasteiger partial charge in [0.15, 0.2) is 0 Å². The molecule has 0 spiro atoms. The Bertz CT molecular complexity index is 176. The molecule has 1 atom stereocenters. The van der Waals surface area contributed by atoms with Gasteiger partial charge in [0.25, 0.3) is 0 Å².